The molecule has 1 fully saturated rings. The summed E-state index contributed by atoms with van der Waals surface area (Å²) in [5.74, 6) is -0.845. The van der Waals surface area contributed by atoms with Crippen LogP contribution in [-0.4, -0.2) is 61.4 Å². The van der Waals surface area contributed by atoms with Crippen LogP contribution >= 0.6 is 0 Å². The van der Waals surface area contributed by atoms with Crippen LogP contribution in [0.3, 0.4) is 0 Å². The number of nitrogens with zero attached hydrogens (tertiary/aromatic N) is 2. The zero-order valence-corrected chi connectivity index (χ0v) is 10.2. The predicted octanol–water partition coefficient (Wildman–Crippen LogP) is -0.323. The van der Waals surface area contributed by atoms with Crippen molar-refractivity contribution >= 4 is 11.8 Å². The van der Waals surface area contributed by atoms with Crippen LogP contribution in [0.4, 0.5) is 0 Å². The molecule has 0 radical (unpaired) electrons. The zero-order valence-electron chi connectivity index (χ0n) is 10.2. The third kappa shape index (κ3) is 3.81. The third-order valence-electron chi connectivity index (χ3n) is 2.80. The SMILES string of the molecule is CCCCNC(=O)C(=O)N1CCN(C)CC1. The van der Waals surface area contributed by atoms with E-state index in [-0.39, 0.29) is 5.91 Å². The standard InChI is InChI=1S/C11H21N3O2/c1-3-4-5-12-10(15)11(16)14-8-6-13(2)7-9-14/h3-9H2,1-2H3,(H,12,15). The molecule has 1 aliphatic heterocycles. The smallest absolute Gasteiger partial charge is 0.311 e. The third-order valence-corrected chi connectivity index (χ3v) is 2.80. The van der Waals surface area contributed by atoms with E-state index >= 15 is 0 Å². The Hall–Kier alpha value is -1.10. The van der Waals surface area contributed by atoms with Gasteiger partial charge in [-0.25, -0.2) is 0 Å². The summed E-state index contributed by atoms with van der Waals surface area (Å²) in [4.78, 5) is 27.0. The number of likely N-dealkylation sites (N-methyl/N-ethyl adjacent to an activating group) is 1. The quantitative estimate of drug-likeness (QED) is 0.531. The van der Waals surface area contributed by atoms with Crippen LogP contribution in [0.15, 0.2) is 0 Å². The minimum atomic E-state index is -0.460. The number of amides is 2. The Morgan fingerprint density at radius 2 is 1.81 bits per heavy atom. The van der Waals surface area contributed by atoms with Gasteiger partial charge >= 0.3 is 11.8 Å². The molecular formula is C11H21N3O2. The van der Waals surface area contributed by atoms with Crippen molar-refractivity contribution in [3.05, 3.63) is 0 Å². The zero-order chi connectivity index (χ0) is 12.0. The lowest BCUT2D eigenvalue weighted by Gasteiger charge is -2.31. The van der Waals surface area contributed by atoms with Gasteiger partial charge in [-0.1, -0.05) is 13.3 Å². The van der Waals surface area contributed by atoms with Gasteiger partial charge in [0, 0.05) is 32.7 Å². The van der Waals surface area contributed by atoms with E-state index < -0.39 is 5.91 Å². The van der Waals surface area contributed by atoms with E-state index in [0.29, 0.717) is 19.6 Å². The highest BCUT2D eigenvalue weighted by atomic mass is 16.2. The maximum atomic E-state index is 11.7. The highest BCUT2D eigenvalue weighted by molar-refractivity contribution is 6.35. The first-order chi connectivity index (χ1) is 7.65. The molecule has 92 valence electrons. The van der Waals surface area contributed by atoms with Gasteiger partial charge in [-0.2, -0.15) is 0 Å². The normalized spacial score (nSPS) is 17.2. The van der Waals surface area contributed by atoms with Crippen molar-refractivity contribution in [1.82, 2.24) is 15.1 Å². The first kappa shape index (κ1) is 13.0. The first-order valence-electron chi connectivity index (χ1n) is 5.90. The van der Waals surface area contributed by atoms with Gasteiger partial charge in [0.1, 0.15) is 0 Å². The van der Waals surface area contributed by atoms with Gasteiger partial charge in [0.15, 0.2) is 0 Å². The summed E-state index contributed by atoms with van der Waals surface area (Å²) in [6.07, 6.45) is 1.94. The van der Waals surface area contributed by atoms with Gasteiger partial charge in [-0.05, 0) is 13.5 Å². The second-order valence-electron chi connectivity index (χ2n) is 4.20. The molecule has 1 rings (SSSR count). The van der Waals surface area contributed by atoms with E-state index in [1.165, 1.54) is 0 Å². The molecule has 0 aromatic heterocycles. The molecule has 0 atom stereocenters. The van der Waals surface area contributed by atoms with Crippen LogP contribution in [0, 0.1) is 0 Å². The Kier molecular flexibility index (Phi) is 5.25. The van der Waals surface area contributed by atoms with E-state index in [9.17, 15) is 9.59 Å². The van der Waals surface area contributed by atoms with Gasteiger partial charge in [0.05, 0.1) is 0 Å². The summed E-state index contributed by atoms with van der Waals surface area (Å²) in [6, 6.07) is 0. The number of hydrogen-bond donors (Lipinski definition) is 1. The molecule has 1 N–H and O–H groups in total. The second kappa shape index (κ2) is 6.48. The number of hydrogen-bond acceptors (Lipinski definition) is 3. The summed E-state index contributed by atoms with van der Waals surface area (Å²) in [7, 11) is 2.02. The van der Waals surface area contributed by atoms with Crippen molar-refractivity contribution in [2.75, 3.05) is 39.8 Å². The van der Waals surface area contributed by atoms with Gasteiger partial charge in [-0.3, -0.25) is 9.59 Å². The van der Waals surface area contributed by atoms with Crippen molar-refractivity contribution in [3.63, 3.8) is 0 Å². The lowest BCUT2D eigenvalue weighted by molar-refractivity contribution is -0.146. The molecule has 16 heavy (non-hydrogen) atoms. The highest BCUT2D eigenvalue weighted by Gasteiger charge is 2.24. The van der Waals surface area contributed by atoms with Crippen molar-refractivity contribution in [2.24, 2.45) is 0 Å². The number of piperazine rings is 1. The summed E-state index contributed by atoms with van der Waals surface area (Å²) in [5, 5.41) is 2.65. The van der Waals surface area contributed by atoms with Gasteiger partial charge in [0.2, 0.25) is 0 Å². The van der Waals surface area contributed by atoms with E-state index in [1.807, 2.05) is 7.05 Å². The van der Waals surface area contributed by atoms with E-state index in [0.717, 1.165) is 25.9 Å². The average Bonchev–Trinajstić information content (AvgIpc) is 2.29. The van der Waals surface area contributed by atoms with E-state index in [1.54, 1.807) is 4.90 Å². The maximum absolute atomic E-state index is 11.7. The molecule has 5 nitrogen and oxygen atoms in total. The minimum Gasteiger partial charge on any atom is -0.348 e. The maximum Gasteiger partial charge on any atom is 0.311 e. The van der Waals surface area contributed by atoms with Crippen molar-refractivity contribution in [3.8, 4) is 0 Å². The number of carbonyl (C=O) groups excluding carboxylic acids is 2. The lowest BCUT2D eigenvalue weighted by Crippen LogP contribution is -2.51. The Balaban J connectivity index is 2.30. The highest BCUT2D eigenvalue weighted by Crippen LogP contribution is 1.99. The molecular weight excluding hydrogens is 206 g/mol. The number of nitrogens with one attached hydrogen (secondary N) is 1. The molecule has 0 aromatic carbocycles. The predicted molar refractivity (Wildman–Crippen MR) is 62.0 cm³/mol. The molecule has 0 spiro atoms. The fourth-order valence-corrected chi connectivity index (χ4v) is 1.61. The van der Waals surface area contributed by atoms with Crippen LogP contribution in [0.1, 0.15) is 19.8 Å². The molecule has 2 amide bonds. The van der Waals surface area contributed by atoms with Crippen LogP contribution in [0.2, 0.25) is 0 Å². The largest absolute Gasteiger partial charge is 0.348 e. The molecule has 0 aliphatic carbocycles. The fraction of sp³-hybridized carbons (Fsp3) is 0.818. The van der Waals surface area contributed by atoms with Crippen LogP contribution in [-0.2, 0) is 9.59 Å². The fourth-order valence-electron chi connectivity index (χ4n) is 1.61. The van der Waals surface area contributed by atoms with Crippen LogP contribution in [0.5, 0.6) is 0 Å². The molecule has 1 heterocycles. The summed E-state index contributed by atoms with van der Waals surface area (Å²) in [6.45, 7) is 5.62. The first-order valence-corrected chi connectivity index (χ1v) is 5.90. The molecule has 0 unspecified atom stereocenters. The Morgan fingerprint density at radius 3 is 2.38 bits per heavy atom. The molecule has 0 saturated carbocycles. The summed E-state index contributed by atoms with van der Waals surface area (Å²) >= 11 is 0. The van der Waals surface area contributed by atoms with E-state index in [4.69, 9.17) is 0 Å². The number of carbonyl (C=O) groups is 2. The van der Waals surface area contributed by atoms with Crippen LogP contribution in [0.25, 0.3) is 0 Å². The molecule has 0 bridgehead atoms. The number of rotatable bonds is 3. The van der Waals surface area contributed by atoms with Gasteiger partial charge in [-0.15, -0.1) is 0 Å². The average molecular weight is 227 g/mol. The van der Waals surface area contributed by atoms with Crippen LogP contribution < -0.4 is 5.32 Å². The number of unbranched alkanes of at least 4 members (excludes halogenated alkanes) is 1. The summed E-state index contributed by atoms with van der Waals surface area (Å²) < 4.78 is 0. The van der Waals surface area contributed by atoms with Crippen molar-refractivity contribution in [1.29, 1.82) is 0 Å². The molecule has 0 aromatic rings. The van der Waals surface area contributed by atoms with E-state index in [2.05, 4.69) is 17.1 Å². The Labute approximate surface area is 96.8 Å². The van der Waals surface area contributed by atoms with Crippen molar-refractivity contribution < 1.29 is 9.59 Å². The monoisotopic (exact) mass is 227 g/mol. The molecule has 5 heteroatoms. The Bertz CT molecular complexity index is 248. The summed E-state index contributed by atoms with van der Waals surface area (Å²) in [5.41, 5.74) is 0. The van der Waals surface area contributed by atoms with Gasteiger partial charge < -0.3 is 15.1 Å². The lowest BCUT2D eigenvalue weighted by atomic mass is 10.3. The topological polar surface area (TPSA) is 52.7 Å². The Morgan fingerprint density at radius 1 is 1.19 bits per heavy atom. The second-order valence-corrected chi connectivity index (χ2v) is 4.20. The molecule has 1 saturated heterocycles. The minimum absolute atomic E-state index is 0.385. The molecule has 1 aliphatic rings. The van der Waals surface area contributed by atoms with Crippen molar-refractivity contribution in [2.45, 2.75) is 19.8 Å². The van der Waals surface area contributed by atoms with Gasteiger partial charge in [0.25, 0.3) is 0 Å².